The molecule has 0 aromatic rings. The van der Waals surface area contributed by atoms with Crippen LogP contribution in [0.25, 0.3) is 0 Å². The Balaban J connectivity index is 2.96. The van der Waals surface area contributed by atoms with E-state index in [2.05, 4.69) is 0 Å². The topological polar surface area (TPSA) is 72.6 Å². The number of sulfonamides is 1. The third kappa shape index (κ3) is 3.37. The van der Waals surface area contributed by atoms with Gasteiger partial charge in [0.1, 0.15) is 5.25 Å². The number of thiocarbonyl (C=S) groups is 1. The maximum atomic E-state index is 12.3. The zero-order valence-corrected chi connectivity index (χ0v) is 12.3. The molecule has 100 valence electrons. The van der Waals surface area contributed by atoms with Gasteiger partial charge in [-0.25, -0.2) is 8.42 Å². The monoisotopic (exact) mass is 280 g/mol. The average Bonchev–Trinajstić information content (AvgIpc) is 2.13. The summed E-state index contributed by atoms with van der Waals surface area (Å²) >= 11 is 4.76. The summed E-state index contributed by atoms with van der Waals surface area (Å²) in [5.41, 5.74) is 4.94. The van der Waals surface area contributed by atoms with Crippen molar-refractivity contribution < 1.29 is 13.2 Å². The summed E-state index contributed by atoms with van der Waals surface area (Å²) in [6.07, 6.45) is -0.132. The van der Waals surface area contributed by atoms with E-state index in [1.165, 1.54) is 11.2 Å². The zero-order valence-electron chi connectivity index (χ0n) is 10.6. The lowest BCUT2D eigenvalue weighted by Gasteiger charge is -2.41. The summed E-state index contributed by atoms with van der Waals surface area (Å²) in [6, 6.07) is 0. The smallest absolute Gasteiger partial charge is 0.223 e. The molecule has 1 aliphatic heterocycles. The minimum absolute atomic E-state index is 0.00181. The zero-order chi connectivity index (χ0) is 13.4. The molecule has 5 nitrogen and oxygen atoms in total. The first-order valence-electron chi connectivity index (χ1n) is 5.52. The van der Waals surface area contributed by atoms with Gasteiger partial charge in [0.15, 0.2) is 0 Å². The molecule has 0 radical (unpaired) electrons. The van der Waals surface area contributed by atoms with Crippen molar-refractivity contribution in [3.05, 3.63) is 0 Å². The summed E-state index contributed by atoms with van der Waals surface area (Å²) in [6.45, 7) is 7.79. The van der Waals surface area contributed by atoms with Gasteiger partial charge in [-0.15, -0.1) is 0 Å². The molecule has 2 atom stereocenters. The SMILES string of the molecule is CC1CN(S(=O)(=O)C(C)C(N)=S)CC(C)(C)O1. The Morgan fingerprint density at radius 3 is 2.53 bits per heavy atom. The molecule has 0 saturated carbocycles. The molecule has 0 aromatic heterocycles. The van der Waals surface area contributed by atoms with Crippen molar-refractivity contribution in [2.45, 2.75) is 44.6 Å². The van der Waals surface area contributed by atoms with E-state index in [0.29, 0.717) is 13.1 Å². The van der Waals surface area contributed by atoms with Crippen LogP contribution in [0.2, 0.25) is 0 Å². The Morgan fingerprint density at radius 1 is 1.59 bits per heavy atom. The van der Waals surface area contributed by atoms with Crippen molar-refractivity contribution in [3.8, 4) is 0 Å². The van der Waals surface area contributed by atoms with Gasteiger partial charge in [-0.1, -0.05) is 12.2 Å². The standard InChI is InChI=1S/C10H20N2O3S2/c1-7-5-12(6-10(3,4)15-7)17(13,14)8(2)9(11)16/h7-8H,5-6H2,1-4H3,(H2,11,16). The minimum Gasteiger partial charge on any atom is -0.392 e. The van der Waals surface area contributed by atoms with Crippen LogP contribution in [0.15, 0.2) is 0 Å². The van der Waals surface area contributed by atoms with Crippen LogP contribution in [0, 0.1) is 0 Å². The third-order valence-electron chi connectivity index (χ3n) is 2.75. The molecule has 0 amide bonds. The van der Waals surface area contributed by atoms with Crippen molar-refractivity contribution >= 4 is 27.2 Å². The number of nitrogens with zero attached hydrogens (tertiary/aromatic N) is 1. The van der Waals surface area contributed by atoms with E-state index in [1.807, 2.05) is 20.8 Å². The van der Waals surface area contributed by atoms with Crippen LogP contribution < -0.4 is 5.73 Å². The number of rotatable bonds is 3. The molecule has 1 heterocycles. The van der Waals surface area contributed by atoms with Crippen LogP contribution in [0.3, 0.4) is 0 Å². The molecule has 1 fully saturated rings. The van der Waals surface area contributed by atoms with Crippen molar-refractivity contribution in [2.75, 3.05) is 13.1 Å². The number of hydrogen-bond donors (Lipinski definition) is 1. The van der Waals surface area contributed by atoms with Crippen LogP contribution >= 0.6 is 12.2 Å². The van der Waals surface area contributed by atoms with E-state index in [-0.39, 0.29) is 11.1 Å². The van der Waals surface area contributed by atoms with Crippen LogP contribution in [0.4, 0.5) is 0 Å². The van der Waals surface area contributed by atoms with Crippen LogP contribution in [0.5, 0.6) is 0 Å². The van der Waals surface area contributed by atoms with Crippen molar-refractivity contribution in [2.24, 2.45) is 5.73 Å². The van der Waals surface area contributed by atoms with Crippen molar-refractivity contribution in [1.82, 2.24) is 4.31 Å². The number of hydrogen-bond acceptors (Lipinski definition) is 4. The lowest BCUT2D eigenvalue weighted by Crippen LogP contribution is -2.56. The fraction of sp³-hybridized carbons (Fsp3) is 0.900. The lowest BCUT2D eigenvalue weighted by atomic mass is 10.1. The van der Waals surface area contributed by atoms with Gasteiger partial charge >= 0.3 is 0 Å². The highest BCUT2D eigenvalue weighted by Gasteiger charge is 2.40. The van der Waals surface area contributed by atoms with Gasteiger partial charge in [-0.05, 0) is 27.7 Å². The second-order valence-corrected chi connectivity index (χ2v) is 7.80. The lowest BCUT2D eigenvalue weighted by molar-refractivity contribution is -0.109. The quantitative estimate of drug-likeness (QED) is 0.762. The fourth-order valence-electron chi connectivity index (χ4n) is 1.96. The maximum absolute atomic E-state index is 12.3. The summed E-state index contributed by atoms with van der Waals surface area (Å²) in [5, 5.41) is -0.835. The third-order valence-corrected chi connectivity index (χ3v) is 5.39. The van der Waals surface area contributed by atoms with Gasteiger partial charge in [0, 0.05) is 13.1 Å². The Hall–Kier alpha value is -0.240. The van der Waals surface area contributed by atoms with Gasteiger partial charge in [0.25, 0.3) is 0 Å². The van der Waals surface area contributed by atoms with Crippen LogP contribution in [-0.2, 0) is 14.8 Å². The molecule has 0 bridgehead atoms. The predicted molar refractivity (Wildman–Crippen MR) is 71.4 cm³/mol. The normalized spacial score (nSPS) is 27.6. The van der Waals surface area contributed by atoms with E-state index in [1.54, 1.807) is 0 Å². The fourth-order valence-corrected chi connectivity index (χ4v) is 3.97. The van der Waals surface area contributed by atoms with Crippen LogP contribution in [-0.4, -0.2) is 47.8 Å². The first kappa shape index (κ1) is 14.8. The van der Waals surface area contributed by atoms with Crippen molar-refractivity contribution in [3.63, 3.8) is 0 Å². The van der Waals surface area contributed by atoms with Gasteiger partial charge < -0.3 is 10.5 Å². The molecule has 0 aromatic carbocycles. The Bertz CT molecular complexity index is 406. The van der Waals surface area contributed by atoms with Crippen LogP contribution in [0.1, 0.15) is 27.7 Å². The van der Waals surface area contributed by atoms with Gasteiger partial charge in [-0.2, -0.15) is 4.31 Å². The van der Waals surface area contributed by atoms with E-state index in [9.17, 15) is 8.42 Å². The molecule has 1 saturated heterocycles. The molecule has 1 rings (SSSR count). The summed E-state index contributed by atoms with van der Waals surface area (Å²) < 4.78 is 31.6. The highest BCUT2D eigenvalue weighted by Crippen LogP contribution is 2.24. The number of morpholine rings is 1. The molecule has 0 aliphatic carbocycles. The Labute approximate surface area is 108 Å². The minimum atomic E-state index is -3.48. The molecule has 1 aliphatic rings. The van der Waals surface area contributed by atoms with Gasteiger partial charge in [0.2, 0.25) is 10.0 Å². The molecule has 7 heteroatoms. The van der Waals surface area contributed by atoms with E-state index < -0.39 is 20.9 Å². The summed E-state index contributed by atoms with van der Waals surface area (Å²) in [4.78, 5) is 0.00181. The largest absolute Gasteiger partial charge is 0.392 e. The number of nitrogens with two attached hydrogens (primary N) is 1. The molecule has 2 N–H and O–H groups in total. The first-order chi connectivity index (χ1) is 7.56. The highest BCUT2D eigenvalue weighted by molar-refractivity contribution is 7.92. The van der Waals surface area contributed by atoms with Crippen molar-refractivity contribution in [1.29, 1.82) is 0 Å². The molecular weight excluding hydrogens is 260 g/mol. The molecule has 0 spiro atoms. The van der Waals surface area contributed by atoms with E-state index >= 15 is 0 Å². The highest BCUT2D eigenvalue weighted by atomic mass is 32.2. The predicted octanol–water partition coefficient (Wildman–Crippen LogP) is 0.490. The molecule has 2 unspecified atom stereocenters. The number of ether oxygens (including phenoxy) is 1. The second kappa shape index (κ2) is 4.79. The van der Waals surface area contributed by atoms with E-state index in [4.69, 9.17) is 22.7 Å². The molecular formula is C10H20N2O3S2. The second-order valence-electron chi connectivity index (χ2n) is 5.07. The first-order valence-corrected chi connectivity index (χ1v) is 7.43. The average molecular weight is 280 g/mol. The summed E-state index contributed by atoms with van der Waals surface area (Å²) in [5.74, 6) is 0. The summed E-state index contributed by atoms with van der Waals surface area (Å²) in [7, 11) is -3.48. The van der Waals surface area contributed by atoms with E-state index in [0.717, 1.165) is 0 Å². The Morgan fingerprint density at radius 2 is 2.12 bits per heavy atom. The van der Waals surface area contributed by atoms with Gasteiger partial charge in [-0.3, -0.25) is 0 Å². The van der Waals surface area contributed by atoms with Gasteiger partial charge in [0.05, 0.1) is 16.7 Å². The molecule has 17 heavy (non-hydrogen) atoms. The Kier molecular flexibility index (Phi) is 4.18. The maximum Gasteiger partial charge on any atom is 0.223 e.